The van der Waals surface area contributed by atoms with Crippen molar-refractivity contribution in [1.29, 1.82) is 0 Å². The third-order valence-corrected chi connectivity index (χ3v) is 3.75. The van der Waals surface area contributed by atoms with Crippen LogP contribution in [-0.2, 0) is 11.3 Å². The van der Waals surface area contributed by atoms with Crippen molar-refractivity contribution < 1.29 is 4.79 Å². The highest BCUT2D eigenvalue weighted by Crippen LogP contribution is 2.14. The third-order valence-electron chi connectivity index (χ3n) is 3.75. The van der Waals surface area contributed by atoms with Gasteiger partial charge in [-0.05, 0) is 33.8 Å². The largest absolute Gasteiger partial charge is 0.346 e. The van der Waals surface area contributed by atoms with Crippen LogP contribution in [0.3, 0.4) is 0 Å². The molecule has 0 saturated carbocycles. The van der Waals surface area contributed by atoms with E-state index in [4.69, 9.17) is 0 Å². The van der Waals surface area contributed by atoms with Crippen molar-refractivity contribution in [3.63, 3.8) is 0 Å². The van der Waals surface area contributed by atoms with Crippen molar-refractivity contribution in [3.8, 4) is 0 Å². The Hall–Kier alpha value is -2.44. The van der Waals surface area contributed by atoms with E-state index >= 15 is 0 Å². The lowest BCUT2D eigenvalue weighted by molar-refractivity contribution is -0.122. The summed E-state index contributed by atoms with van der Waals surface area (Å²) in [4.78, 5) is 23.9. The van der Waals surface area contributed by atoms with Gasteiger partial charge < -0.3 is 14.5 Å². The van der Waals surface area contributed by atoms with Crippen LogP contribution >= 0.6 is 0 Å². The van der Waals surface area contributed by atoms with Crippen molar-refractivity contribution in [2.75, 3.05) is 0 Å². The summed E-state index contributed by atoms with van der Waals surface area (Å²) in [6, 6.07) is 5.06. The Bertz CT molecular complexity index is 732. The van der Waals surface area contributed by atoms with Crippen LogP contribution in [0.5, 0.6) is 0 Å². The summed E-state index contributed by atoms with van der Waals surface area (Å²) >= 11 is 0. The van der Waals surface area contributed by atoms with Gasteiger partial charge in [0.25, 0.3) is 5.56 Å². The van der Waals surface area contributed by atoms with E-state index in [-0.39, 0.29) is 30.0 Å². The molecule has 0 radical (unpaired) electrons. The van der Waals surface area contributed by atoms with Gasteiger partial charge in [0.1, 0.15) is 6.33 Å². The number of pyridine rings is 1. The molecule has 0 aliphatic rings. The second-order valence-electron chi connectivity index (χ2n) is 5.89. The molecule has 2 heterocycles. The maximum Gasteiger partial charge on any atom is 0.250 e. The summed E-state index contributed by atoms with van der Waals surface area (Å²) in [7, 11) is 0. The third kappa shape index (κ3) is 4.06. The first-order valence-electron chi connectivity index (χ1n) is 7.75. The molecular weight excluding hydrogens is 294 g/mol. The van der Waals surface area contributed by atoms with Crippen LogP contribution in [0.4, 0.5) is 0 Å². The number of amides is 1. The topological polar surface area (TPSA) is 81.8 Å². The molecule has 1 amide bonds. The quantitative estimate of drug-likeness (QED) is 0.877. The molecule has 0 spiro atoms. The fourth-order valence-electron chi connectivity index (χ4n) is 2.46. The maximum atomic E-state index is 12.1. The van der Waals surface area contributed by atoms with Crippen molar-refractivity contribution >= 4 is 5.91 Å². The van der Waals surface area contributed by atoms with Crippen molar-refractivity contribution in [3.05, 3.63) is 46.4 Å². The number of hydrogen-bond acceptors (Lipinski definition) is 4. The van der Waals surface area contributed by atoms with Crippen LogP contribution in [0.2, 0.25) is 0 Å². The van der Waals surface area contributed by atoms with E-state index in [1.54, 1.807) is 17.0 Å². The zero-order valence-corrected chi connectivity index (χ0v) is 14.0. The number of nitrogens with one attached hydrogen (secondary N) is 1. The number of aromatic nitrogens is 4. The molecule has 2 aromatic heterocycles. The Morgan fingerprint density at radius 2 is 2.04 bits per heavy atom. The summed E-state index contributed by atoms with van der Waals surface area (Å²) in [6.45, 7) is 8.16. The Kier molecular flexibility index (Phi) is 5.31. The second-order valence-corrected chi connectivity index (χ2v) is 5.89. The highest BCUT2D eigenvalue weighted by atomic mass is 16.2. The molecule has 1 atom stereocenters. The Morgan fingerprint density at radius 1 is 1.30 bits per heavy atom. The highest BCUT2D eigenvalue weighted by Gasteiger charge is 2.17. The average Bonchev–Trinajstić information content (AvgIpc) is 2.96. The minimum atomic E-state index is -0.235. The summed E-state index contributed by atoms with van der Waals surface area (Å²) < 4.78 is 3.53. The van der Waals surface area contributed by atoms with Gasteiger partial charge in [0.2, 0.25) is 5.91 Å². The molecule has 0 aromatic carbocycles. The van der Waals surface area contributed by atoms with Gasteiger partial charge in [0, 0.05) is 30.8 Å². The van der Waals surface area contributed by atoms with E-state index in [0.29, 0.717) is 6.54 Å². The molecule has 1 N–H and O–H groups in total. The van der Waals surface area contributed by atoms with Gasteiger partial charge in [-0.3, -0.25) is 9.59 Å². The predicted molar refractivity (Wildman–Crippen MR) is 87.0 cm³/mol. The summed E-state index contributed by atoms with van der Waals surface area (Å²) in [5.41, 5.74) is 0.753. The van der Waals surface area contributed by atoms with E-state index in [2.05, 4.69) is 15.5 Å². The lowest BCUT2D eigenvalue weighted by atomic mass is 10.2. The van der Waals surface area contributed by atoms with Crippen LogP contribution in [0.25, 0.3) is 0 Å². The Labute approximate surface area is 135 Å². The minimum absolute atomic E-state index is 0.0922. The number of carbonyl (C=O) groups excluding carboxylic acids is 1. The van der Waals surface area contributed by atoms with Gasteiger partial charge >= 0.3 is 0 Å². The minimum Gasteiger partial charge on any atom is -0.346 e. The summed E-state index contributed by atoms with van der Waals surface area (Å²) in [5.74, 6) is 0.604. The standard InChI is InChI=1S/C16H23N5O2/c1-11(2)21-10-17-19-16(21)13(4)18-14(22)8-9-20-12(3)6-5-7-15(20)23/h5-7,10-11,13H,8-9H2,1-4H3,(H,18,22). The van der Waals surface area contributed by atoms with Gasteiger partial charge in [0.05, 0.1) is 6.04 Å². The number of aryl methyl sites for hydroxylation is 1. The van der Waals surface area contributed by atoms with Crippen molar-refractivity contribution in [2.45, 2.75) is 52.7 Å². The molecule has 0 fully saturated rings. The zero-order chi connectivity index (χ0) is 17.0. The normalized spacial score (nSPS) is 12.4. The lowest BCUT2D eigenvalue weighted by Crippen LogP contribution is -2.31. The molecule has 2 rings (SSSR count). The van der Waals surface area contributed by atoms with Crippen molar-refractivity contribution in [1.82, 2.24) is 24.6 Å². The van der Waals surface area contributed by atoms with E-state index in [1.807, 2.05) is 38.3 Å². The number of hydrogen-bond donors (Lipinski definition) is 1. The molecule has 23 heavy (non-hydrogen) atoms. The van der Waals surface area contributed by atoms with Gasteiger partial charge in [-0.15, -0.1) is 10.2 Å². The van der Waals surface area contributed by atoms with Crippen LogP contribution in [-0.4, -0.2) is 25.2 Å². The zero-order valence-electron chi connectivity index (χ0n) is 14.0. The van der Waals surface area contributed by atoms with E-state index < -0.39 is 0 Å². The molecule has 0 saturated heterocycles. The molecule has 0 aliphatic heterocycles. The predicted octanol–water partition coefficient (Wildman–Crippen LogP) is 1.60. The molecule has 1 unspecified atom stereocenters. The first-order valence-corrected chi connectivity index (χ1v) is 7.75. The fraction of sp³-hybridized carbons (Fsp3) is 0.500. The van der Waals surface area contributed by atoms with Gasteiger partial charge in [-0.2, -0.15) is 0 Å². The molecule has 124 valence electrons. The number of carbonyl (C=O) groups is 1. The van der Waals surface area contributed by atoms with Gasteiger partial charge in [-0.25, -0.2) is 0 Å². The Balaban J connectivity index is 1.97. The molecule has 7 nitrogen and oxygen atoms in total. The van der Waals surface area contributed by atoms with E-state index in [0.717, 1.165) is 11.5 Å². The summed E-state index contributed by atoms with van der Waals surface area (Å²) in [6.07, 6.45) is 1.90. The molecular formula is C16H23N5O2. The molecule has 0 bridgehead atoms. The van der Waals surface area contributed by atoms with Crippen LogP contribution in [0.15, 0.2) is 29.3 Å². The second kappa shape index (κ2) is 7.21. The monoisotopic (exact) mass is 317 g/mol. The first kappa shape index (κ1) is 16.9. The van der Waals surface area contributed by atoms with E-state index in [9.17, 15) is 9.59 Å². The summed E-state index contributed by atoms with van der Waals surface area (Å²) in [5, 5.41) is 10.9. The SMILES string of the molecule is Cc1cccc(=O)n1CCC(=O)NC(C)c1nncn1C(C)C. The molecule has 0 aliphatic carbocycles. The number of rotatable bonds is 6. The van der Waals surface area contributed by atoms with E-state index in [1.165, 1.54) is 6.07 Å². The Morgan fingerprint density at radius 3 is 2.70 bits per heavy atom. The molecule has 7 heteroatoms. The maximum absolute atomic E-state index is 12.1. The van der Waals surface area contributed by atoms with Gasteiger partial charge in [-0.1, -0.05) is 6.07 Å². The fourth-order valence-corrected chi connectivity index (χ4v) is 2.46. The average molecular weight is 317 g/mol. The lowest BCUT2D eigenvalue weighted by Gasteiger charge is -2.17. The van der Waals surface area contributed by atoms with Crippen LogP contribution in [0, 0.1) is 6.92 Å². The van der Waals surface area contributed by atoms with Crippen molar-refractivity contribution in [2.24, 2.45) is 0 Å². The first-order chi connectivity index (χ1) is 10.9. The van der Waals surface area contributed by atoms with Gasteiger partial charge in [0.15, 0.2) is 5.82 Å². The van der Waals surface area contributed by atoms with Crippen LogP contribution < -0.4 is 10.9 Å². The van der Waals surface area contributed by atoms with Crippen LogP contribution in [0.1, 0.15) is 50.8 Å². The highest BCUT2D eigenvalue weighted by molar-refractivity contribution is 5.76. The number of nitrogens with zero attached hydrogens (tertiary/aromatic N) is 4. The smallest absolute Gasteiger partial charge is 0.250 e. The molecule has 2 aromatic rings.